The third-order valence-electron chi connectivity index (χ3n) is 3.80. The number of carbonyl (C=O) groups is 1. The van der Waals surface area contributed by atoms with Gasteiger partial charge in [-0.25, -0.2) is 0 Å². The van der Waals surface area contributed by atoms with Crippen LogP contribution in [-0.2, 0) is 0 Å². The van der Waals surface area contributed by atoms with Crippen molar-refractivity contribution in [2.24, 2.45) is 11.3 Å². The predicted molar refractivity (Wildman–Crippen MR) is 69.8 cm³/mol. The first-order valence-corrected chi connectivity index (χ1v) is 6.05. The molecule has 1 unspecified atom stereocenters. The van der Waals surface area contributed by atoms with Crippen molar-refractivity contribution in [3.8, 4) is 0 Å². The van der Waals surface area contributed by atoms with Crippen LogP contribution >= 0.6 is 0 Å². The molecule has 1 aromatic rings. The minimum absolute atomic E-state index is 0.0612. The van der Waals surface area contributed by atoms with Crippen LogP contribution in [0.3, 0.4) is 0 Å². The lowest BCUT2D eigenvalue weighted by Crippen LogP contribution is -2.27. The normalized spacial score (nSPS) is 21.0. The van der Waals surface area contributed by atoms with E-state index in [-0.39, 0.29) is 5.91 Å². The first-order chi connectivity index (χ1) is 7.92. The van der Waals surface area contributed by atoms with Crippen molar-refractivity contribution < 1.29 is 4.79 Å². The maximum absolute atomic E-state index is 12.0. The minimum Gasteiger partial charge on any atom is -0.398 e. The van der Waals surface area contributed by atoms with E-state index in [1.165, 1.54) is 6.42 Å². The molecule has 3 N–H and O–H groups in total. The van der Waals surface area contributed by atoms with Gasteiger partial charge in [-0.2, -0.15) is 0 Å². The molecule has 92 valence electrons. The number of nitrogens with one attached hydrogen (secondary N) is 1. The van der Waals surface area contributed by atoms with E-state index >= 15 is 0 Å². The number of benzene rings is 1. The number of rotatable bonds is 3. The molecule has 0 aliphatic heterocycles. The second-order valence-electron chi connectivity index (χ2n) is 5.64. The largest absolute Gasteiger partial charge is 0.398 e. The molecule has 1 fully saturated rings. The van der Waals surface area contributed by atoms with Crippen molar-refractivity contribution in [2.45, 2.75) is 27.2 Å². The van der Waals surface area contributed by atoms with Gasteiger partial charge in [-0.1, -0.05) is 26.0 Å². The Kier molecular flexibility index (Phi) is 2.86. The van der Waals surface area contributed by atoms with E-state index in [1.807, 2.05) is 19.1 Å². The summed E-state index contributed by atoms with van der Waals surface area (Å²) in [5.41, 5.74) is 8.41. The van der Waals surface area contributed by atoms with Gasteiger partial charge >= 0.3 is 0 Å². The van der Waals surface area contributed by atoms with Gasteiger partial charge in [-0.05, 0) is 36.3 Å². The number of hydrogen-bond acceptors (Lipinski definition) is 2. The molecule has 0 radical (unpaired) electrons. The summed E-state index contributed by atoms with van der Waals surface area (Å²) in [5.74, 6) is 0.548. The monoisotopic (exact) mass is 232 g/mol. The smallest absolute Gasteiger partial charge is 0.253 e. The Labute approximate surface area is 102 Å². The van der Waals surface area contributed by atoms with Gasteiger partial charge in [0.15, 0.2) is 0 Å². The van der Waals surface area contributed by atoms with Crippen LogP contribution in [0.5, 0.6) is 0 Å². The second kappa shape index (κ2) is 4.06. The lowest BCUT2D eigenvalue weighted by atomic mass is 10.1. The second-order valence-corrected chi connectivity index (χ2v) is 5.64. The molecule has 1 aromatic carbocycles. The van der Waals surface area contributed by atoms with Crippen LogP contribution in [0.1, 0.15) is 36.2 Å². The fourth-order valence-corrected chi connectivity index (χ4v) is 2.11. The maximum atomic E-state index is 12.0. The number of hydrogen-bond donors (Lipinski definition) is 2. The fourth-order valence-electron chi connectivity index (χ4n) is 2.11. The van der Waals surface area contributed by atoms with Crippen LogP contribution in [-0.4, -0.2) is 12.5 Å². The Morgan fingerprint density at radius 1 is 1.53 bits per heavy atom. The first kappa shape index (κ1) is 12.0. The highest BCUT2D eigenvalue weighted by Crippen LogP contribution is 2.50. The minimum atomic E-state index is -0.0612. The summed E-state index contributed by atoms with van der Waals surface area (Å²) < 4.78 is 0. The summed E-state index contributed by atoms with van der Waals surface area (Å²) in [4.78, 5) is 12.0. The number of anilines is 1. The van der Waals surface area contributed by atoms with Gasteiger partial charge in [0, 0.05) is 12.2 Å². The molecule has 0 bridgehead atoms. The van der Waals surface area contributed by atoms with Crippen LogP contribution in [0.15, 0.2) is 18.2 Å². The van der Waals surface area contributed by atoms with Gasteiger partial charge in [0.05, 0.1) is 5.56 Å². The number of nitrogens with two attached hydrogens (primary N) is 1. The zero-order valence-corrected chi connectivity index (χ0v) is 10.7. The Bertz CT molecular complexity index is 452. The topological polar surface area (TPSA) is 55.1 Å². The average Bonchev–Trinajstić information content (AvgIpc) is 2.87. The van der Waals surface area contributed by atoms with Crippen LogP contribution in [0.25, 0.3) is 0 Å². The van der Waals surface area contributed by atoms with Crippen molar-refractivity contribution in [3.63, 3.8) is 0 Å². The van der Waals surface area contributed by atoms with Gasteiger partial charge in [0.25, 0.3) is 5.91 Å². The highest BCUT2D eigenvalue weighted by Gasteiger charge is 2.45. The van der Waals surface area contributed by atoms with Crippen LogP contribution in [0, 0.1) is 18.3 Å². The Morgan fingerprint density at radius 3 is 2.76 bits per heavy atom. The quantitative estimate of drug-likeness (QED) is 0.786. The number of para-hydroxylation sites is 1. The van der Waals surface area contributed by atoms with Gasteiger partial charge < -0.3 is 11.1 Å². The molecule has 1 atom stereocenters. The fraction of sp³-hybridized carbons (Fsp3) is 0.500. The zero-order chi connectivity index (χ0) is 12.6. The van der Waals surface area contributed by atoms with Crippen molar-refractivity contribution in [2.75, 3.05) is 12.3 Å². The van der Waals surface area contributed by atoms with Crippen LogP contribution < -0.4 is 11.1 Å². The van der Waals surface area contributed by atoms with E-state index in [0.29, 0.717) is 22.6 Å². The number of amides is 1. The molecule has 3 nitrogen and oxygen atoms in total. The first-order valence-electron chi connectivity index (χ1n) is 6.05. The molecule has 1 saturated carbocycles. The van der Waals surface area contributed by atoms with E-state index < -0.39 is 0 Å². The van der Waals surface area contributed by atoms with Crippen LogP contribution in [0.2, 0.25) is 0 Å². The summed E-state index contributed by atoms with van der Waals surface area (Å²) >= 11 is 0. The molecule has 1 aliphatic rings. The van der Waals surface area contributed by atoms with E-state index in [0.717, 1.165) is 12.1 Å². The highest BCUT2D eigenvalue weighted by atomic mass is 16.1. The Hall–Kier alpha value is -1.51. The lowest BCUT2D eigenvalue weighted by molar-refractivity contribution is 0.0951. The van der Waals surface area contributed by atoms with Gasteiger partial charge in [-0.15, -0.1) is 0 Å². The molecule has 0 saturated heterocycles. The van der Waals surface area contributed by atoms with Crippen molar-refractivity contribution in [1.29, 1.82) is 0 Å². The molecule has 1 amide bonds. The van der Waals surface area contributed by atoms with Crippen molar-refractivity contribution in [3.05, 3.63) is 29.3 Å². The molecule has 3 heteroatoms. The third-order valence-corrected chi connectivity index (χ3v) is 3.80. The zero-order valence-electron chi connectivity index (χ0n) is 10.7. The third kappa shape index (κ3) is 2.43. The number of carbonyl (C=O) groups excluding carboxylic acids is 1. The SMILES string of the molecule is Cc1cccc(C(=O)NCC2CC2(C)C)c1N. The summed E-state index contributed by atoms with van der Waals surface area (Å²) in [7, 11) is 0. The molecule has 0 aromatic heterocycles. The molecule has 17 heavy (non-hydrogen) atoms. The Morgan fingerprint density at radius 2 is 2.18 bits per heavy atom. The highest BCUT2D eigenvalue weighted by molar-refractivity contribution is 5.99. The van der Waals surface area contributed by atoms with Crippen molar-refractivity contribution >= 4 is 11.6 Å². The molecule has 0 heterocycles. The molecular weight excluding hydrogens is 212 g/mol. The number of nitrogen functional groups attached to an aromatic ring is 1. The predicted octanol–water partition coefficient (Wildman–Crippen LogP) is 2.35. The lowest BCUT2D eigenvalue weighted by Gasteiger charge is -2.09. The van der Waals surface area contributed by atoms with E-state index in [1.54, 1.807) is 6.07 Å². The maximum Gasteiger partial charge on any atom is 0.253 e. The van der Waals surface area contributed by atoms with Gasteiger partial charge in [0.2, 0.25) is 0 Å². The van der Waals surface area contributed by atoms with E-state index in [4.69, 9.17) is 5.73 Å². The van der Waals surface area contributed by atoms with Crippen LogP contribution in [0.4, 0.5) is 5.69 Å². The summed E-state index contributed by atoms with van der Waals surface area (Å²) in [6.07, 6.45) is 1.19. The number of aryl methyl sites for hydroxylation is 1. The summed E-state index contributed by atoms with van der Waals surface area (Å²) in [5, 5.41) is 2.97. The summed E-state index contributed by atoms with van der Waals surface area (Å²) in [6, 6.07) is 5.55. The molecular formula is C14H20N2O. The van der Waals surface area contributed by atoms with Gasteiger partial charge in [0.1, 0.15) is 0 Å². The summed E-state index contributed by atoms with van der Waals surface area (Å²) in [6.45, 7) is 7.12. The average molecular weight is 232 g/mol. The van der Waals surface area contributed by atoms with Gasteiger partial charge in [-0.3, -0.25) is 4.79 Å². The van der Waals surface area contributed by atoms with Crippen molar-refractivity contribution in [1.82, 2.24) is 5.32 Å². The molecule has 2 rings (SSSR count). The van der Waals surface area contributed by atoms with E-state index in [9.17, 15) is 4.79 Å². The molecule has 0 spiro atoms. The standard InChI is InChI=1S/C14H20N2O/c1-9-5-4-6-11(12(9)15)13(17)16-8-10-7-14(10,2)3/h4-6,10H,7-8,15H2,1-3H3,(H,16,17). The molecule has 1 aliphatic carbocycles. The Balaban J connectivity index is 1.98. The van der Waals surface area contributed by atoms with E-state index in [2.05, 4.69) is 19.2 Å².